The number of benzene rings is 1. The Kier molecular flexibility index (Phi) is 6.12. The summed E-state index contributed by atoms with van der Waals surface area (Å²) < 4.78 is 10.9. The largest absolute Gasteiger partial charge is 0.497 e. The topological polar surface area (TPSA) is 76.6 Å². The van der Waals surface area contributed by atoms with Crippen LogP contribution in [0.3, 0.4) is 0 Å². The van der Waals surface area contributed by atoms with Crippen LogP contribution < -0.4 is 14.8 Å². The highest BCUT2D eigenvalue weighted by molar-refractivity contribution is 6.30. The Morgan fingerprint density at radius 1 is 1.31 bits per heavy atom. The number of carbonyl (C=O) groups is 1. The van der Waals surface area contributed by atoms with Crippen LogP contribution in [0.1, 0.15) is 18.4 Å². The van der Waals surface area contributed by atoms with Crippen molar-refractivity contribution in [3.05, 3.63) is 47.2 Å². The van der Waals surface area contributed by atoms with Crippen LogP contribution in [0, 0.1) is 0 Å². The van der Waals surface area contributed by atoms with Gasteiger partial charge in [0, 0.05) is 13.1 Å². The Morgan fingerprint density at radius 3 is 2.73 bits per heavy atom. The fourth-order valence-electron chi connectivity index (χ4n) is 2.76. The maximum atomic E-state index is 12.4. The number of nitrogens with one attached hydrogen (secondary N) is 1. The van der Waals surface area contributed by atoms with Gasteiger partial charge in [-0.15, -0.1) is 0 Å². The fraction of sp³-hybridized carbons (Fsp3) is 0.389. The molecule has 1 aromatic carbocycles. The number of nitrogens with zero attached hydrogens (tertiary/aromatic N) is 3. The summed E-state index contributed by atoms with van der Waals surface area (Å²) in [5.74, 6) is 0.792. The smallest absolute Gasteiger partial charge is 0.317 e. The summed E-state index contributed by atoms with van der Waals surface area (Å²) in [6, 6.07) is 7.78. The Hall–Kier alpha value is -2.54. The molecule has 1 unspecified atom stereocenters. The minimum absolute atomic E-state index is 0.105. The number of ether oxygens (including phenoxy) is 2. The van der Waals surface area contributed by atoms with Crippen molar-refractivity contribution in [1.29, 1.82) is 0 Å². The van der Waals surface area contributed by atoms with Crippen molar-refractivity contribution in [3.63, 3.8) is 0 Å². The lowest BCUT2D eigenvalue weighted by atomic mass is 10.1. The zero-order chi connectivity index (χ0) is 18.4. The van der Waals surface area contributed by atoms with Gasteiger partial charge < -0.3 is 19.7 Å². The Bertz CT molecular complexity index is 724. The quantitative estimate of drug-likeness (QED) is 0.868. The van der Waals surface area contributed by atoms with Crippen LogP contribution in [0.15, 0.2) is 36.7 Å². The SMILES string of the molecule is COc1ccc(CNC(=O)N2CCCC(Oc3ncc(Cl)cn3)C2)cc1. The molecular formula is C18H21ClN4O3. The van der Waals surface area contributed by atoms with Gasteiger partial charge in [0.05, 0.1) is 31.1 Å². The summed E-state index contributed by atoms with van der Waals surface area (Å²) >= 11 is 5.77. The van der Waals surface area contributed by atoms with Gasteiger partial charge in [-0.05, 0) is 30.5 Å². The van der Waals surface area contributed by atoms with E-state index in [4.69, 9.17) is 21.1 Å². The van der Waals surface area contributed by atoms with Crippen LogP contribution in [0.4, 0.5) is 4.79 Å². The second kappa shape index (κ2) is 8.71. The van der Waals surface area contributed by atoms with Crippen molar-refractivity contribution in [2.75, 3.05) is 20.2 Å². The summed E-state index contributed by atoms with van der Waals surface area (Å²) in [7, 11) is 1.63. The molecule has 1 fully saturated rings. The third kappa shape index (κ3) is 4.98. The third-order valence-electron chi connectivity index (χ3n) is 4.14. The molecule has 1 aliphatic rings. The molecule has 2 heterocycles. The average molecular weight is 377 g/mol. The highest BCUT2D eigenvalue weighted by Gasteiger charge is 2.25. The number of carbonyl (C=O) groups excluding carboxylic acids is 1. The van der Waals surface area contributed by atoms with Crippen LogP contribution in [-0.2, 0) is 6.54 Å². The first kappa shape index (κ1) is 18.3. The second-order valence-corrected chi connectivity index (χ2v) is 6.46. The molecule has 1 aromatic heterocycles. The van der Waals surface area contributed by atoms with Gasteiger partial charge in [-0.25, -0.2) is 14.8 Å². The molecule has 2 aromatic rings. The van der Waals surface area contributed by atoms with Crippen molar-refractivity contribution in [3.8, 4) is 11.8 Å². The molecule has 1 saturated heterocycles. The predicted molar refractivity (Wildman–Crippen MR) is 97.5 cm³/mol. The van der Waals surface area contributed by atoms with E-state index in [9.17, 15) is 4.79 Å². The molecule has 0 saturated carbocycles. The maximum Gasteiger partial charge on any atom is 0.317 e. The van der Waals surface area contributed by atoms with Gasteiger partial charge in [0.1, 0.15) is 11.9 Å². The van der Waals surface area contributed by atoms with Crippen molar-refractivity contribution in [1.82, 2.24) is 20.2 Å². The minimum atomic E-state index is -0.128. The van der Waals surface area contributed by atoms with Crippen LogP contribution >= 0.6 is 11.6 Å². The molecule has 138 valence electrons. The number of aromatic nitrogens is 2. The summed E-state index contributed by atoms with van der Waals surface area (Å²) in [5.41, 5.74) is 1.01. The highest BCUT2D eigenvalue weighted by atomic mass is 35.5. The maximum absolute atomic E-state index is 12.4. The molecular weight excluding hydrogens is 356 g/mol. The van der Waals surface area contributed by atoms with E-state index in [1.165, 1.54) is 12.4 Å². The van der Waals surface area contributed by atoms with Gasteiger partial charge in [0.2, 0.25) is 0 Å². The van der Waals surface area contributed by atoms with Gasteiger partial charge in [-0.1, -0.05) is 23.7 Å². The molecule has 1 aliphatic heterocycles. The number of piperidine rings is 1. The van der Waals surface area contributed by atoms with Gasteiger partial charge in [0.15, 0.2) is 0 Å². The van der Waals surface area contributed by atoms with Crippen molar-refractivity contribution in [2.45, 2.75) is 25.5 Å². The summed E-state index contributed by atoms with van der Waals surface area (Å²) in [6.07, 6.45) is 4.58. The van der Waals surface area contributed by atoms with Gasteiger partial charge in [-0.2, -0.15) is 0 Å². The standard InChI is InChI=1S/C18H21ClN4O3/c1-25-15-6-4-13(5-7-15)9-22-18(24)23-8-2-3-16(12-23)26-17-20-10-14(19)11-21-17/h4-7,10-11,16H,2-3,8-9,12H2,1H3,(H,22,24). The van der Waals surface area contributed by atoms with E-state index in [2.05, 4.69) is 15.3 Å². The third-order valence-corrected chi connectivity index (χ3v) is 4.33. The average Bonchev–Trinajstić information content (AvgIpc) is 2.68. The molecule has 7 nitrogen and oxygen atoms in total. The van der Waals surface area contributed by atoms with E-state index >= 15 is 0 Å². The van der Waals surface area contributed by atoms with Crippen molar-refractivity contribution >= 4 is 17.6 Å². The lowest BCUT2D eigenvalue weighted by Crippen LogP contribution is -2.48. The first-order chi connectivity index (χ1) is 12.6. The summed E-state index contributed by atoms with van der Waals surface area (Å²) in [5, 5.41) is 3.40. The van der Waals surface area contributed by atoms with Gasteiger partial charge in [0.25, 0.3) is 0 Å². The number of halogens is 1. The predicted octanol–water partition coefficient (Wildman–Crippen LogP) is 2.89. The molecule has 8 heteroatoms. The van der Waals surface area contributed by atoms with E-state index in [1.54, 1.807) is 12.0 Å². The van der Waals surface area contributed by atoms with Gasteiger partial charge >= 0.3 is 12.0 Å². The lowest BCUT2D eigenvalue weighted by molar-refractivity contribution is 0.0938. The molecule has 1 atom stereocenters. The van der Waals surface area contributed by atoms with E-state index < -0.39 is 0 Å². The van der Waals surface area contributed by atoms with Crippen LogP contribution in [0.25, 0.3) is 0 Å². The van der Waals surface area contributed by atoms with Crippen LogP contribution in [-0.4, -0.2) is 47.2 Å². The zero-order valence-electron chi connectivity index (χ0n) is 14.5. The van der Waals surface area contributed by atoms with E-state index in [0.717, 1.165) is 24.2 Å². The van der Waals surface area contributed by atoms with Gasteiger partial charge in [-0.3, -0.25) is 0 Å². The Balaban J connectivity index is 1.49. The second-order valence-electron chi connectivity index (χ2n) is 6.02. The van der Waals surface area contributed by atoms with E-state index in [-0.39, 0.29) is 18.1 Å². The molecule has 0 spiro atoms. The Labute approximate surface area is 157 Å². The number of hydrogen-bond donors (Lipinski definition) is 1. The molecule has 0 radical (unpaired) electrons. The van der Waals surface area contributed by atoms with E-state index in [1.807, 2.05) is 24.3 Å². The van der Waals surface area contributed by atoms with Crippen molar-refractivity contribution in [2.24, 2.45) is 0 Å². The normalized spacial score (nSPS) is 16.8. The minimum Gasteiger partial charge on any atom is -0.497 e. The lowest BCUT2D eigenvalue weighted by Gasteiger charge is -2.32. The number of methoxy groups -OCH3 is 1. The molecule has 3 rings (SSSR count). The number of amides is 2. The molecule has 0 bridgehead atoms. The molecule has 2 amide bonds. The molecule has 1 N–H and O–H groups in total. The highest BCUT2D eigenvalue weighted by Crippen LogP contribution is 2.17. The fourth-order valence-corrected chi connectivity index (χ4v) is 2.86. The summed E-state index contributed by atoms with van der Waals surface area (Å²) in [6.45, 7) is 1.67. The first-order valence-electron chi connectivity index (χ1n) is 8.44. The zero-order valence-corrected chi connectivity index (χ0v) is 15.3. The number of urea groups is 1. The summed E-state index contributed by atoms with van der Waals surface area (Å²) in [4.78, 5) is 22.3. The molecule has 0 aliphatic carbocycles. The Morgan fingerprint density at radius 2 is 2.04 bits per heavy atom. The van der Waals surface area contributed by atoms with Crippen LogP contribution in [0.5, 0.6) is 11.8 Å². The van der Waals surface area contributed by atoms with Crippen molar-refractivity contribution < 1.29 is 14.3 Å². The van der Waals surface area contributed by atoms with E-state index in [0.29, 0.717) is 24.7 Å². The molecule has 26 heavy (non-hydrogen) atoms. The first-order valence-corrected chi connectivity index (χ1v) is 8.82. The van der Waals surface area contributed by atoms with Crippen LogP contribution in [0.2, 0.25) is 5.02 Å². The number of likely N-dealkylation sites (tertiary alicyclic amines) is 1. The number of rotatable bonds is 5. The monoisotopic (exact) mass is 376 g/mol. The number of hydrogen-bond acceptors (Lipinski definition) is 5.